The molecule has 0 radical (unpaired) electrons. The fourth-order valence-corrected chi connectivity index (χ4v) is 2.00. The summed E-state index contributed by atoms with van der Waals surface area (Å²) in [6, 6.07) is 7.35. The molecule has 0 saturated heterocycles. The Morgan fingerprint density at radius 2 is 2.00 bits per heavy atom. The van der Waals surface area contributed by atoms with Crippen LogP contribution in [0.3, 0.4) is 0 Å². The molecule has 1 aromatic carbocycles. The molecule has 3 N–H and O–H groups in total. The van der Waals surface area contributed by atoms with E-state index in [0.29, 0.717) is 5.56 Å². The molecule has 0 saturated carbocycles. The van der Waals surface area contributed by atoms with E-state index in [1.54, 1.807) is 28.8 Å². The Morgan fingerprint density at radius 1 is 1.42 bits per heavy atom. The average molecular weight is 281 g/mol. The Kier molecular flexibility index (Phi) is 5.69. The average Bonchev–Trinajstić information content (AvgIpc) is 2.43. The van der Waals surface area contributed by atoms with Gasteiger partial charge >= 0.3 is 0 Å². The van der Waals surface area contributed by atoms with Crippen molar-refractivity contribution in [2.24, 2.45) is 10.9 Å². The Morgan fingerprint density at radius 3 is 2.42 bits per heavy atom. The second-order valence-electron chi connectivity index (χ2n) is 4.35. The van der Waals surface area contributed by atoms with Crippen LogP contribution in [-0.4, -0.2) is 40.7 Å². The minimum Gasteiger partial charge on any atom is -0.409 e. The van der Waals surface area contributed by atoms with Crippen LogP contribution in [0.15, 0.2) is 34.3 Å². The minimum atomic E-state index is -0.130. The van der Waals surface area contributed by atoms with Gasteiger partial charge in [-0.25, -0.2) is 0 Å². The summed E-state index contributed by atoms with van der Waals surface area (Å²) in [5.74, 6) is -0.114. The van der Waals surface area contributed by atoms with Crippen LogP contribution in [0.25, 0.3) is 0 Å². The summed E-state index contributed by atoms with van der Waals surface area (Å²) in [7, 11) is 0. The second-order valence-corrected chi connectivity index (χ2v) is 5.23. The van der Waals surface area contributed by atoms with Crippen molar-refractivity contribution in [3.63, 3.8) is 0 Å². The van der Waals surface area contributed by atoms with Crippen LogP contribution in [0.4, 0.5) is 0 Å². The number of hydrogen-bond donors (Lipinski definition) is 2. The van der Waals surface area contributed by atoms with Gasteiger partial charge < -0.3 is 15.8 Å². The predicted octanol–water partition coefficient (Wildman–Crippen LogP) is 2.01. The standard InChI is InChI=1S/C13H19N3O2S/c1-9(2)16(8-12(14)15-18)13(17)10-4-6-11(19-3)7-5-10/h4-7,9,18H,8H2,1-3H3,(H2,14,15). The predicted molar refractivity (Wildman–Crippen MR) is 77.8 cm³/mol. The zero-order valence-electron chi connectivity index (χ0n) is 11.3. The van der Waals surface area contributed by atoms with Crippen molar-refractivity contribution in [3.8, 4) is 0 Å². The lowest BCUT2D eigenvalue weighted by molar-refractivity contribution is 0.0734. The molecule has 104 valence electrons. The van der Waals surface area contributed by atoms with Gasteiger partial charge in [0.05, 0.1) is 6.54 Å². The number of carbonyl (C=O) groups excluding carboxylic acids is 1. The van der Waals surface area contributed by atoms with Crippen LogP contribution < -0.4 is 5.73 Å². The number of rotatable bonds is 5. The lowest BCUT2D eigenvalue weighted by Gasteiger charge is -2.26. The maximum atomic E-state index is 12.4. The highest BCUT2D eigenvalue weighted by atomic mass is 32.2. The summed E-state index contributed by atoms with van der Waals surface area (Å²) in [6.07, 6.45) is 1.98. The second kappa shape index (κ2) is 7.04. The van der Waals surface area contributed by atoms with Crippen molar-refractivity contribution in [1.29, 1.82) is 0 Å². The maximum Gasteiger partial charge on any atom is 0.254 e. The summed E-state index contributed by atoms with van der Waals surface area (Å²) in [5.41, 5.74) is 6.07. The van der Waals surface area contributed by atoms with Gasteiger partial charge in [0.1, 0.15) is 0 Å². The molecule has 0 aliphatic heterocycles. The Labute approximate surface area is 117 Å². The molecule has 1 rings (SSSR count). The number of hydrogen-bond acceptors (Lipinski definition) is 4. The van der Waals surface area contributed by atoms with Crippen molar-refractivity contribution >= 4 is 23.5 Å². The van der Waals surface area contributed by atoms with E-state index in [9.17, 15) is 4.79 Å². The first kappa shape index (κ1) is 15.4. The summed E-state index contributed by atoms with van der Waals surface area (Å²) < 4.78 is 0. The molecule has 0 atom stereocenters. The summed E-state index contributed by atoms with van der Waals surface area (Å²) in [6.45, 7) is 3.88. The van der Waals surface area contributed by atoms with E-state index < -0.39 is 0 Å². The molecule has 0 unspecified atom stereocenters. The van der Waals surface area contributed by atoms with E-state index in [0.717, 1.165) is 4.90 Å². The Balaban J connectivity index is 2.92. The molecule has 6 heteroatoms. The van der Waals surface area contributed by atoms with Crippen molar-refractivity contribution in [2.45, 2.75) is 24.8 Å². The molecule has 0 heterocycles. The molecule has 0 aliphatic carbocycles. The van der Waals surface area contributed by atoms with Gasteiger partial charge in [-0.2, -0.15) is 0 Å². The fraction of sp³-hybridized carbons (Fsp3) is 0.385. The molecule has 0 bridgehead atoms. The van der Waals surface area contributed by atoms with E-state index in [1.807, 2.05) is 32.2 Å². The molecule has 0 aromatic heterocycles. The smallest absolute Gasteiger partial charge is 0.254 e. The Hall–Kier alpha value is -1.69. The highest BCUT2D eigenvalue weighted by molar-refractivity contribution is 7.98. The van der Waals surface area contributed by atoms with Gasteiger partial charge in [0.2, 0.25) is 0 Å². The number of oxime groups is 1. The lowest BCUT2D eigenvalue weighted by atomic mass is 10.1. The summed E-state index contributed by atoms with van der Waals surface area (Å²) in [5, 5.41) is 11.5. The summed E-state index contributed by atoms with van der Waals surface area (Å²) in [4.78, 5) is 15.0. The van der Waals surface area contributed by atoms with Crippen LogP contribution in [0.5, 0.6) is 0 Å². The molecule has 19 heavy (non-hydrogen) atoms. The number of nitrogens with two attached hydrogens (primary N) is 1. The first-order valence-electron chi connectivity index (χ1n) is 5.91. The summed E-state index contributed by atoms with van der Waals surface area (Å²) >= 11 is 1.62. The van der Waals surface area contributed by atoms with E-state index in [4.69, 9.17) is 10.9 Å². The molecular formula is C13H19N3O2S. The highest BCUT2D eigenvalue weighted by Crippen LogP contribution is 2.16. The Bertz CT molecular complexity index is 457. The largest absolute Gasteiger partial charge is 0.409 e. The van der Waals surface area contributed by atoms with Gasteiger partial charge in [-0.3, -0.25) is 4.79 Å². The van der Waals surface area contributed by atoms with E-state index in [1.165, 1.54) is 0 Å². The number of nitrogens with zero attached hydrogens (tertiary/aromatic N) is 2. The zero-order valence-corrected chi connectivity index (χ0v) is 12.1. The molecule has 0 fully saturated rings. The lowest BCUT2D eigenvalue weighted by Crippen LogP contribution is -2.42. The van der Waals surface area contributed by atoms with Crippen LogP contribution >= 0.6 is 11.8 Å². The van der Waals surface area contributed by atoms with E-state index >= 15 is 0 Å². The topological polar surface area (TPSA) is 78.9 Å². The molecular weight excluding hydrogens is 262 g/mol. The fourth-order valence-electron chi connectivity index (χ4n) is 1.59. The van der Waals surface area contributed by atoms with Gasteiger partial charge in [-0.15, -0.1) is 11.8 Å². The van der Waals surface area contributed by atoms with Crippen LogP contribution in [0.1, 0.15) is 24.2 Å². The quantitative estimate of drug-likeness (QED) is 0.284. The van der Waals surface area contributed by atoms with Crippen LogP contribution in [0.2, 0.25) is 0 Å². The molecule has 1 amide bonds. The van der Waals surface area contributed by atoms with Crippen molar-refractivity contribution in [3.05, 3.63) is 29.8 Å². The van der Waals surface area contributed by atoms with E-state index in [-0.39, 0.29) is 24.3 Å². The molecule has 1 aromatic rings. The van der Waals surface area contributed by atoms with Crippen LogP contribution in [-0.2, 0) is 0 Å². The third kappa shape index (κ3) is 4.17. The van der Waals surface area contributed by atoms with Crippen molar-refractivity contribution < 1.29 is 10.0 Å². The third-order valence-electron chi connectivity index (χ3n) is 2.68. The number of amides is 1. The van der Waals surface area contributed by atoms with Crippen LogP contribution in [0, 0.1) is 0 Å². The van der Waals surface area contributed by atoms with Gasteiger partial charge in [-0.05, 0) is 44.4 Å². The number of thioether (sulfide) groups is 1. The monoisotopic (exact) mass is 281 g/mol. The molecule has 5 nitrogen and oxygen atoms in total. The SMILES string of the molecule is CSc1ccc(C(=O)N(CC(N)=NO)C(C)C)cc1. The first-order chi connectivity index (χ1) is 8.99. The maximum absolute atomic E-state index is 12.4. The molecule has 0 spiro atoms. The van der Waals surface area contributed by atoms with Gasteiger partial charge in [0, 0.05) is 16.5 Å². The normalized spacial score (nSPS) is 11.7. The van der Waals surface area contributed by atoms with Crippen molar-refractivity contribution in [2.75, 3.05) is 12.8 Å². The van der Waals surface area contributed by atoms with Gasteiger partial charge in [0.15, 0.2) is 5.84 Å². The highest BCUT2D eigenvalue weighted by Gasteiger charge is 2.19. The number of amidine groups is 1. The first-order valence-corrected chi connectivity index (χ1v) is 7.13. The number of benzene rings is 1. The minimum absolute atomic E-state index is 0.0165. The van der Waals surface area contributed by atoms with E-state index in [2.05, 4.69) is 5.16 Å². The zero-order chi connectivity index (χ0) is 14.4. The third-order valence-corrected chi connectivity index (χ3v) is 3.43. The van der Waals surface area contributed by atoms with Gasteiger partial charge in [0.25, 0.3) is 5.91 Å². The number of carbonyl (C=O) groups is 1. The molecule has 0 aliphatic rings. The van der Waals surface area contributed by atoms with Crippen molar-refractivity contribution in [1.82, 2.24) is 4.90 Å². The van der Waals surface area contributed by atoms with Gasteiger partial charge in [-0.1, -0.05) is 5.16 Å².